The molecule has 0 atom stereocenters. The van der Waals surface area contributed by atoms with E-state index in [1.165, 1.54) is 0 Å². The predicted octanol–water partition coefficient (Wildman–Crippen LogP) is 0.457. The van der Waals surface area contributed by atoms with Gasteiger partial charge < -0.3 is 15.5 Å². The fourth-order valence-electron chi connectivity index (χ4n) is 0.794. The van der Waals surface area contributed by atoms with E-state index in [9.17, 15) is 13.6 Å². The van der Waals surface area contributed by atoms with Gasteiger partial charge in [0.1, 0.15) is 0 Å². The van der Waals surface area contributed by atoms with Crippen LogP contribution in [0.1, 0.15) is 20.3 Å². The number of hydrogen-bond acceptors (Lipinski definition) is 3. The van der Waals surface area contributed by atoms with Gasteiger partial charge in [-0.1, -0.05) is 0 Å². The van der Waals surface area contributed by atoms with Gasteiger partial charge in [0.05, 0.1) is 6.54 Å². The molecule has 4 nitrogen and oxygen atoms in total. The van der Waals surface area contributed by atoms with Crippen LogP contribution in [-0.2, 0) is 4.79 Å². The van der Waals surface area contributed by atoms with Crippen LogP contribution < -0.4 is 5.32 Å². The Balaban J connectivity index is 4.10. The van der Waals surface area contributed by atoms with Crippen LogP contribution in [0.5, 0.6) is 0 Å². The maximum atomic E-state index is 12.6. The Morgan fingerprint density at radius 2 is 1.93 bits per heavy atom. The fraction of sp³-hybridized carbons (Fsp3) is 0.875. The molecule has 0 amide bonds. The molecule has 0 aromatic heterocycles. The third kappa shape index (κ3) is 4.48. The number of aliphatic hydroxyl groups excluding tert-OH is 1. The van der Waals surface area contributed by atoms with E-state index < -0.39 is 24.0 Å². The number of carbonyl (C=O) groups is 1. The average molecular weight is 211 g/mol. The zero-order chi connectivity index (χ0) is 11.4. The van der Waals surface area contributed by atoms with Crippen molar-refractivity contribution in [2.24, 2.45) is 0 Å². The Kier molecular flexibility index (Phi) is 4.41. The molecule has 3 N–H and O–H groups in total. The van der Waals surface area contributed by atoms with Crippen molar-refractivity contribution < 1.29 is 23.8 Å². The van der Waals surface area contributed by atoms with Gasteiger partial charge in [-0.15, -0.1) is 0 Å². The first-order chi connectivity index (χ1) is 6.21. The van der Waals surface area contributed by atoms with Gasteiger partial charge in [0.25, 0.3) is 0 Å². The number of nitrogens with one attached hydrogen (secondary N) is 1. The first-order valence-electron chi connectivity index (χ1n) is 4.18. The van der Waals surface area contributed by atoms with Gasteiger partial charge in [0.15, 0.2) is 0 Å². The number of alkyl halides is 2. The second-order valence-electron chi connectivity index (χ2n) is 3.72. The average Bonchev–Trinajstić information content (AvgIpc) is 2.01. The van der Waals surface area contributed by atoms with Gasteiger partial charge >= 0.3 is 11.9 Å². The van der Waals surface area contributed by atoms with Crippen molar-refractivity contribution in [3.05, 3.63) is 0 Å². The highest BCUT2D eigenvalue weighted by atomic mass is 19.3. The van der Waals surface area contributed by atoms with Crippen molar-refractivity contribution in [1.82, 2.24) is 5.32 Å². The maximum absolute atomic E-state index is 12.6. The highest BCUT2D eigenvalue weighted by Crippen LogP contribution is 2.15. The van der Waals surface area contributed by atoms with Crippen LogP contribution in [0, 0.1) is 0 Å². The summed E-state index contributed by atoms with van der Waals surface area (Å²) in [5, 5.41) is 19.1. The van der Waals surface area contributed by atoms with Gasteiger partial charge in [0, 0.05) is 12.1 Å². The molecule has 0 aromatic rings. The molecule has 6 heteroatoms. The molecule has 0 rings (SSSR count). The van der Waals surface area contributed by atoms with Crippen molar-refractivity contribution in [2.75, 3.05) is 13.2 Å². The minimum Gasteiger partial charge on any atom is -0.477 e. The largest absolute Gasteiger partial charge is 0.477 e. The Labute approximate surface area is 80.9 Å². The molecule has 0 aromatic carbocycles. The van der Waals surface area contributed by atoms with Gasteiger partial charge in [-0.05, 0) is 20.3 Å². The molecule has 0 saturated heterocycles. The minimum atomic E-state index is -3.77. The van der Waals surface area contributed by atoms with Crippen LogP contribution in [0.25, 0.3) is 0 Å². The second kappa shape index (κ2) is 4.65. The lowest BCUT2D eigenvalue weighted by atomic mass is 10.0. The molecule has 0 aliphatic rings. The zero-order valence-corrected chi connectivity index (χ0v) is 8.18. The number of aliphatic carboxylic acids is 1. The minimum absolute atomic E-state index is 0.140. The molecule has 0 spiro atoms. The number of rotatable bonds is 6. The number of halogens is 2. The van der Waals surface area contributed by atoms with Gasteiger partial charge in [-0.25, -0.2) is 4.79 Å². The monoisotopic (exact) mass is 211 g/mol. The van der Waals surface area contributed by atoms with Gasteiger partial charge in [-0.2, -0.15) is 8.78 Å². The molecule has 0 radical (unpaired) electrons. The summed E-state index contributed by atoms with van der Waals surface area (Å²) < 4.78 is 25.2. The van der Waals surface area contributed by atoms with E-state index in [0.29, 0.717) is 0 Å². The third-order valence-electron chi connectivity index (χ3n) is 1.84. The normalized spacial score (nSPS) is 12.9. The van der Waals surface area contributed by atoms with Crippen LogP contribution in [0.4, 0.5) is 8.78 Å². The second-order valence-corrected chi connectivity index (χ2v) is 3.72. The summed E-state index contributed by atoms with van der Waals surface area (Å²) in [7, 11) is 0. The van der Waals surface area contributed by atoms with Crippen molar-refractivity contribution in [3.63, 3.8) is 0 Å². The fourth-order valence-corrected chi connectivity index (χ4v) is 0.794. The van der Waals surface area contributed by atoms with E-state index in [4.69, 9.17) is 10.2 Å². The van der Waals surface area contributed by atoms with Crippen molar-refractivity contribution >= 4 is 5.97 Å². The van der Waals surface area contributed by atoms with Crippen LogP contribution in [0.3, 0.4) is 0 Å². The van der Waals surface area contributed by atoms with E-state index in [0.717, 1.165) is 0 Å². The Bertz CT molecular complexity index is 207. The lowest BCUT2D eigenvalue weighted by molar-refractivity contribution is -0.164. The lowest BCUT2D eigenvalue weighted by Gasteiger charge is -2.27. The number of hydrogen-bond donors (Lipinski definition) is 3. The molecule has 0 bridgehead atoms. The highest BCUT2D eigenvalue weighted by Gasteiger charge is 2.39. The summed E-state index contributed by atoms with van der Waals surface area (Å²) in [6, 6.07) is 0. The molecule has 0 unspecified atom stereocenters. The summed E-state index contributed by atoms with van der Waals surface area (Å²) >= 11 is 0. The van der Waals surface area contributed by atoms with E-state index in [1.54, 1.807) is 13.8 Å². The quantitative estimate of drug-likeness (QED) is 0.597. The van der Waals surface area contributed by atoms with Crippen molar-refractivity contribution in [2.45, 2.75) is 31.7 Å². The van der Waals surface area contributed by atoms with Crippen LogP contribution in [-0.4, -0.2) is 40.8 Å². The Morgan fingerprint density at radius 1 is 1.43 bits per heavy atom. The third-order valence-corrected chi connectivity index (χ3v) is 1.84. The Morgan fingerprint density at radius 3 is 2.29 bits per heavy atom. The predicted molar refractivity (Wildman–Crippen MR) is 46.4 cm³/mol. The number of carboxylic acid groups (broad SMARTS) is 1. The standard InChI is InChI=1S/C8H15F2NO3/c1-7(2,3-4-12)11-5-8(9,10)6(13)14/h11-12H,3-5H2,1-2H3,(H,13,14). The molecular formula is C8H15F2NO3. The van der Waals surface area contributed by atoms with Gasteiger partial charge in [0.2, 0.25) is 0 Å². The summed E-state index contributed by atoms with van der Waals surface area (Å²) in [6.45, 7) is 2.15. The first kappa shape index (κ1) is 13.2. The van der Waals surface area contributed by atoms with Crippen LogP contribution >= 0.6 is 0 Å². The zero-order valence-electron chi connectivity index (χ0n) is 8.18. The summed E-state index contributed by atoms with van der Waals surface area (Å²) in [5.74, 6) is -5.92. The Hall–Kier alpha value is -0.750. The molecule has 0 fully saturated rings. The number of aliphatic hydroxyl groups is 1. The van der Waals surface area contributed by atoms with Gasteiger partial charge in [-0.3, -0.25) is 0 Å². The topological polar surface area (TPSA) is 69.6 Å². The summed E-state index contributed by atoms with van der Waals surface area (Å²) in [4.78, 5) is 10.1. The summed E-state index contributed by atoms with van der Waals surface area (Å²) in [6.07, 6.45) is 0.280. The SMILES string of the molecule is CC(C)(CCO)NCC(F)(F)C(=O)O. The molecular weight excluding hydrogens is 196 g/mol. The van der Waals surface area contributed by atoms with Crippen LogP contribution in [0.2, 0.25) is 0 Å². The summed E-state index contributed by atoms with van der Waals surface area (Å²) in [5.41, 5.74) is -0.701. The lowest BCUT2D eigenvalue weighted by Crippen LogP contribution is -2.49. The van der Waals surface area contributed by atoms with E-state index in [1.807, 2.05) is 0 Å². The highest BCUT2D eigenvalue weighted by molar-refractivity contribution is 5.75. The van der Waals surface area contributed by atoms with Crippen molar-refractivity contribution in [3.8, 4) is 0 Å². The first-order valence-corrected chi connectivity index (χ1v) is 4.18. The number of carboxylic acids is 1. The van der Waals surface area contributed by atoms with Crippen molar-refractivity contribution in [1.29, 1.82) is 0 Å². The van der Waals surface area contributed by atoms with E-state index in [-0.39, 0.29) is 13.0 Å². The van der Waals surface area contributed by atoms with E-state index in [2.05, 4.69) is 5.32 Å². The molecule has 0 aliphatic carbocycles. The van der Waals surface area contributed by atoms with Crippen LogP contribution in [0.15, 0.2) is 0 Å². The molecule has 0 heterocycles. The molecule has 0 aliphatic heterocycles. The molecule has 0 saturated carbocycles. The smallest absolute Gasteiger partial charge is 0.375 e. The molecule has 14 heavy (non-hydrogen) atoms. The van der Waals surface area contributed by atoms with E-state index >= 15 is 0 Å². The molecule has 84 valence electrons. The maximum Gasteiger partial charge on any atom is 0.375 e.